The first-order valence-electron chi connectivity index (χ1n) is 12.4. The van der Waals surface area contributed by atoms with E-state index in [0.717, 1.165) is 56.9 Å². The summed E-state index contributed by atoms with van der Waals surface area (Å²) < 4.78 is 7.39. The lowest BCUT2D eigenvalue weighted by Crippen LogP contribution is -2.43. The fraction of sp³-hybridized carbons (Fsp3) is 0.500. The molecule has 0 aliphatic carbocycles. The van der Waals surface area contributed by atoms with Crippen molar-refractivity contribution in [1.29, 1.82) is 0 Å². The zero-order valence-electron chi connectivity index (χ0n) is 21.3. The van der Waals surface area contributed by atoms with Crippen molar-refractivity contribution in [1.82, 2.24) is 24.3 Å². The molecule has 1 atom stereocenters. The number of hydrogen-bond donors (Lipinski definition) is 2. The summed E-state index contributed by atoms with van der Waals surface area (Å²) in [5.74, 6) is 1.42. The van der Waals surface area contributed by atoms with E-state index >= 15 is 0 Å². The largest absolute Gasteiger partial charge is 0.496 e. The molecule has 3 heterocycles. The van der Waals surface area contributed by atoms with Crippen LogP contribution in [0.15, 0.2) is 35.3 Å². The zero-order valence-corrected chi connectivity index (χ0v) is 21.3. The van der Waals surface area contributed by atoms with Crippen molar-refractivity contribution in [2.24, 2.45) is 0 Å². The minimum Gasteiger partial charge on any atom is -0.496 e. The normalized spacial score (nSPS) is 15.9. The molecule has 0 saturated carbocycles. The number of anilines is 2. The summed E-state index contributed by atoms with van der Waals surface area (Å²) in [6.07, 6.45) is 3.75. The molecule has 1 aromatic carbocycles. The lowest BCUT2D eigenvalue weighted by atomic mass is 10.1. The number of methoxy groups -OCH3 is 1. The molecule has 9 nitrogen and oxygen atoms in total. The number of nitrogens with one attached hydrogen (secondary N) is 1. The Morgan fingerprint density at radius 1 is 1.14 bits per heavy atom. The van der Waals surface area contributed by atoms with Gasteiger partial charge in [0, 0.05) is 50.5 Å². The van der Waals surface area contributed by atoms with Crippen LogP contribution in [-0.4, -0.2) is 70.7 Å². The number of benzene rings is 1. The first-order valence-corrected chi connectivity index (χ1v) is 12.4. The van der Waals surface area contributed by atoms with E-state index in [1.54, 1.807) is 17.9 Å². The number of nitrogen functional groups attached to an aromatic ring is 1. The monoisotopic (exact) mass is 479 g/mol. The van der Waals surface area contributed by atoms with Crippen molar-refractivity contribution in [3.8, 4) is 5.75 Å². The van der Waals surface area contributed by atoms with Gasteiger partial charge < -0.3 is 25.3 Å². The van der Waals surface area contributed by atoms with Gasteiger partial charge in [0.05, 0.1) is 19.2 Å². The Bertz CT molecular complexity index is 1220. The second-order valence-corrected chi connectivity index (χ2v) is 9.50. The van der Waals surface area contributed by atoms with Crippen LogP contribution in [0.4, 0.5) is 11.8 Å². The highest BCUT2D eigenvalue weighted by Gasteiger charge is 2.17. The lowest BCUT2D eigenvalue weighted by Gasteiger charge is -2.32. The van der Waals surface area contributed by atoms with Crippen LogP contribution in [0.3, 0.4) is 0 Å². The van der Waals surface area contributed by atoms with Gasteiger partial charge in [-0.3, -0.25) is 9.69 Å². The molecule has 0 amide bonds. The molecule has 0 bridgehead atoms. The fourth-order valence-corrected chi connectivity index (χ4v) is 4.63. The number of nitrogens with two attached hydrogens (primary N) is 1. The highest BCUT2D eigenvalue weighted by Crippen LogP contribution is 2.24. The number of likely N-dealkylation sites (N-methyl/N-ethyl adjacent to an activating group) is 1. The molecule has 4 rings (SSSR count). The van der Waals surface area contributed by atoms with Gasteiger partial charge in [0.2, 0.25) is 5.95 Å². The van der Waals surface area contributed by atoms with Crippen LogP contribution in [0.2, 0.25) is 0 Å². The van der Waals surface area contributed by atoms with Gasteiger partial charge in [-0.25, -0.2) is 4.98 Å². The molecule has 3 aromatic rings. The number of aromatic nitrogens is 3. The summed E-state index contributed by atoms with van der Waals surface area (Å²) in [7, 11) is 3.84. The van der Waals surface area contributed by atoms with Crippen LogP contribution in [0.5, 0.6) is 5.75 Å². The number of ether oxygens (including phenoxy) is 1. The average molecular weight is 480 g/mol. The molecule has 0 spiro atoms. The quantitative estimate of drug-likeness (QED) is 0.483. The lowest BCUT2D eigenvalue weighted by molar-refractivity contribution is 0.148. The summed E-state index contributed by atoms with van der Waals surface area (Å²) in [6.45, 7) is 9.78. The molecular weight excluding hydrogens is 442 g/mol. The fourth-order valence-electron chi connectivity index (χ4n) is 4.63. The van der Waals surface area contributed by atoms with Crippen molar-refractivity contribution in [3.63, 3.8) is 0 Å². The molecule has 188 valence electrons. The van der Waals surface area contributed by atoms with Gasteiger partial charge in [-0.15, -0.1) is 0 Å². The van der Waals surface area contributed by atoms with E-state index < -0.39 is 0 Å². The molecule has 1 aliphatic rings. The molecule has 1 saturated heterocycles. The van der Waals surface area contributed by atoms with Gasteiger partial charge in [0.15, 0.2) is 0 Å². The highest BCUT2D eigenvalue weighted by atomic mass is 16.5. The van der Waals surface area contributed by atoms with Gasteiger partial charge in [-0.2, -0.15) is 4.98 Å². The minimum atomic E-state index is -0.155. The van der Waals surface area contributed by atoms with E-state index in [9.17, 15) is 4.79 Å². The Kier molecular flexibility index (Phi) is 7.87. The summed E-state index contributed by atoms with van der Waals surface area (Å²) in [5.41, 5.74) is 8.46. The first-order chi connectivity index (χ1) is 16.9. The number of hydrogen-bond acceptors (Lipinski definition) is 8. The van der Waals surface area contributed by atoms with Crippen molar-refractivity contribution >= 4 is 22.7 Å². The third-order valence-corrected chi connectivity index (χ3v) is 6.64. The van der Waals surface area contributed by atoms with Crippen molar-refractivity contribution in [2.75, 3.05) is 51.4 Å². The zero-order chi connectivity index (χ0) is 24.9. The summed E-state index contributed by atoms with van der Waals surface area (Å²) in [5, 5.41) is 3.81. The maximum Gasteiger partial charge on any atom is 0.264 e. The molecule has 0 radical (unpaired) electrons. The summed E-state index contributed by atoms with van der Waals surface area (Å²) in [6, 6.07) is 8.26. The standard InChI is InChI=1S/C26H37N7O2/c1-5-6-18(2)28-24-23-21(29-26(27)30-24)9-10-33(25(23)34)17-20-8-7-19(15-22(20)35-4)16-32-13-11-31(3)12-14-32/h7-10,15,18H,5-6,11-14,16-17H2,1-4H3,(H3,27,28,29,30). The number of fused-ring (bicyclic) bond motifs is 1. The van der Waals surface area contributed by atoms with Crippen molar-refractivity contribution < 1.29 is 4.74 Å². The maximum atomic E-state index is 13.5. The van der Waals surface area contributed by atoms with E-state index in [1.807, 2.05) is 6.07 Å². The van der Waals surface area contributed by atoms with E-state index in [2.05, 4.69) is 64.2 Å². The van der Waals surface area contributed by atoms with E-state index in [-0.39, 0.29) is 17.5 Å². The third kappa shape index (κ3) is 5.91. The molecule has 35 heavy (non-hydrogen) atoms. The molecule has 1 fully saturated rings. The Labute approximate surface area is 206 Å². The topological polar surface area (TPSA) is 102 Å². The van der Waals surface area contributed by atoms with Crippen LogP contribution in [0.25, 0.3) is 10.9 Å². The minimum absolute atomic E-state index is 0.151. The summed E-state index contributed by atoms with van der Waals surface area (Å²) >= 11 is 0. The molecule has 2 aromatic heterocycles. The van der Waals surface area contributed by atoms with Crippen LogP contribution in [0, 0.1) is 0 Å². The van der Waals surface area contributed by atoms with Gasteiger partial charge >= 0.3 is 0 Å². The van der Waals surface area contributed by atoms with Gasteiger partial charge in [0.1, 0.15) is 17.0 Å². The number of piperazine rings is 1. The van der Waals surface area contributed by atoms with Gasteiger partial charge in [0.25, 0.3) is 5.56 Å². The van der Waals surface area contributed by atoms with E-state index in [0.29, 0.717) is 23.3 Å². The predicted octanol–water partition coefficient (Wildman–Crippen LogP) is 2.78. The third-order valence-electron chi connectivity index (χ3n) is 6.64. The van der Waals surface area contributed by atoms with E-state index in [1.165, 1.54) is 5.56 Å². The Morgan fingerprint density at radius 3 is 2.63 bits per heavy atom. The smallest absolute Gasteiger partial charge is 0.264 e. The number of pyridine rings is 1. The molecule has 3 N–H and O–H groups in total. The number of nitrogens with zero attached hydrogens (tertiary/aromatic N) is 5. The predicted molar refractivity (Wildman–Crippen MR) is 141 cm³/mol. The van der Waals surface area contributed by atoms with Crippen molar-refractivity contribution in [2.45, 2.75) is 45.8 Å². The average Bonchev–Trinajstić information content (AvgIpc) is 2.83. The highest BCUT2D eigenvalue weighted by molar-refractivity contribution is 5.89. The molecular formula is C26H37N7O2. The van der Waals surface area contributed by atoms with Crippen LogP contribution >= 0.6 is 0 Å². The molecule has 1 unspecified atom stereocenters. The second kappa shape index (κ2) is 11.0. The molecule has 1 aliphatic heterocycles. The Balaban J connectivity index is 1.60. The Hall–Kier alpha value is -3.17. The second-order valence-electron chi connectivity index (χ2n) is 9.50. The Morgan fingerprint density at radius 2 is 1.91 bits per heavy atom. The SMILES string of the molecule is CCCC(C)Nc1nc(N)nc2ccn(Cc3ccc(CN4CCN(C)CC4)cc3OC)c(=O)c12. The van der Waals surface area contributed by atoms with Crippen molar-refractivity contribution in [3.05, 3.63) is 51.9 Å². The van der Waals surface area contributed by atoms with E-state index in [4.69, 9.17) is 10.5 Å². The van der Waals surface area contributed by atoms with Crippen LogP contribution in [-0.2, 0) is 13.1 Å². The van der Waals surface area contributed by atoms with Gasteiger partial charge in [-0.05, 0) is 38.1 Å². The summed E-state index contributed by atoms with van der Waals surface area (Å²) in [4.78, 5) is 27.0. The van der Waals surface area contributed by atoms with Crippen LogP contribution in [0.1, 0.15) is 37.8 Å². The van der Waals surface area contributed by atoms with Crippen LogP contribution < -0.4 is 21.3 Å². The number of rotatable bonds is 9. The maximum absolute atomic E-state index is 13.5. The van der Waals surface area contributed by atoms with Gasteiger partial charge in [-0.1, -0.05) is 25.5 Å². The first kappa shape index (κ1) is 24.9. The molecule has 9 heteroatoms.